The Labute approximate surface area is 115 Å². The van der Waals surface area contributed by atoms with Gasteiger partial charge in [-0.05, 0) is 38.3 Å². The molecule has 0 aliphatic heterocycles. The number of ether oxygens (including phenoxy) is 1. The molecule has 0 fully saturated rings. The molecule has 0 rings (SSSR count). The van der Waals surface area contributed by atoms with Crippen LogP contribution in [-0.4, -0.2) is 31.2 Å². The van der Waals surface area contributed by atoms with Gasteiger partial charge in [-0.15, -0.1) is 0 Å². The Morgan fingerprint density at radius 3 is 2.63 bits per heavy atom. The van der Waals surface area contributed by atoms with Crippen molar-refractivity contribution >= 4 is 5.97 Å². The lowest BCUT2D eigenvalue weighted by Crippen LogP contribution is -2.53. The van der Waals surface area contributed by atoms with Crippen molar-refractivity contribution in [2.24, 2.45) is 5.11 Å². The fraction of sp³-hybridized carbons (Fsp3) is 0.923. The summed E-state index contributed by atoms with van der Waals surface area (Å²) in [5, 5.41) is 6.79. The SMILES string of the molecule is CCCCC(CC)(NCCCN=[N+]=[N-])C(=O)OCC. The minimum absolute atomic E-state index is 0.172. The van der Waals surface area contributed by atoms with Crippen molar-refractivity contribution in [2.75, 3.05) is 19.7 Å². The number of nitrogens with zero attached hydrogens (tertiary/aromatic N) is 3. The highest BCUT2D eigenvalue weighted by atomic mass is 16.5. The second kappa shape index (κ2) is 10.6. The van der Waals surface area contributed by atoms with Crippen LogP contribution in [0.25, 0.3) is 10.4 Å². The molecule has 0 aromatic carbocycles. The Bertz CT molecular complexity index is 303. The first-order chi connectivity index (χ1) is 9.16. The maximum atomic E-state index is 12.2. The highest BCUT2D eigenvalue weighted by molar-refractivity contribution is 5.80. The number of nitrogens with one attached hydrogen (secondary N) is 1. The Morgan fingerprint density at radius 2 is 2.11 bits per heavy atom. The average Bonchev–Trinajstić information content (AvgIpc) is 2.42. The summed E-state index contributed by atoms with van der Waals surface area (Å²) in [5.41, 5.74) is 7.61. The van der Waals surface area contributed by atoms with E-state index in [1.807, 2.05) is 13.8 Å². The van der Waals surface area contributed by atoms with Crippen molar-refractivity contribution < 1.29 is 9.53 Å². The van der Waals surface area contributed by atoms with Crippen LogP contribution in [0.4, 0.5) is 0 Å². The summed E-state index contributed by atoms with van der Waals surface area (Å²) in [6, 6.07) is 0. The van der Waals surface area contributed by atoms with Crippen molar-refractivity contribution in [1.82, 2.24) is 5.32 Å². The molecule has 0 aromatic heterocycles. The minimum Gasteiger partial charge on any atom is -0.465 e. The van der Waals surface area contributed by atoms with Crippen LogP contribution < -0.4 is 5.32 Å². The largest absolute Gasteiger partial charge is 0.465 e. The van der Waals surface area contributed by atoms with E-state index in [4.69, 9.17) is 10.3 Å². The van der Waals surface area contributed by atoms with Gasteiger partial charge in [-0.1, -0.05) is 31.8 Å². The highest BCUT2D eigenvalue weighted by Gasteiger charge is 2.36. The van der Waals surface area contributed by atoms with Crippen LogP contribution in [0.3, 0.4) is 0 Å². The molecule has 6 nitrogen and oxygen atoms in total. The van der Waals surface area contributed by atoms with Crippen LogP contribution in [0.5, 0.6) is 0 Å². The van der Waals surface area contributed by atoms with Gasteiger partial charge in [0.25, 0.3) is 0 Å². The zero-order valence-corrected chi connectivity index (χ0v) is 12.3. The molecule has 110 valence electrons. The van der Waals surface area contributed by atoms with E-state index < -0.39 is 5.54 Å². The summed E-state index contributed by atoms with van der Waals surface area (Å²) < 4.78 is 5.19. The molecule has 6 heteroatoms. The lowest BCUT2D eigenvalue weighted by atomic mass is 9.89. The first-order valence-electron chi connectivity index (χ1n) is 7.10. The first-order valence-corrected chi connectivity index (χ1v) is 7.10. The monoisotopic (exact) mass is 270 g/mol. The number of unbranched alkanes of at least 4 members (excludes halogenated alkanes) is 1. The van der Waals surface area contributed by atoms with Gasteiger partial charge in [0.2, 0.25) is 0 Å². The van der Waals surface area contributed by atoms with Crippen molar-refractivity contribution in [1.29, 1.82) is 0 Å². The van der Waals surface area contributed by atoms with Crippen LogP contribution in [-0.2, 0) is 9.53 Å². The van der Waals surface area contributed by atoms with Crippen molar-refractivity contribution in [3.63, 3.8) is 0 Å². The smallest absolute Gasteiger partial charge is 0.326 e. The summed E-state index contributed by atoms with van der Waals surface area (Å²) in [6.07, 6.45) is 4.22. The second-order valence-corrected chi connectivity index (χ2v) is 4.49. The van der Waals surface area contributed by atoms with Gasteiger partial charge in [0.1, 0.15) is 5.54 Å². The molecular formula is C13H26N4O2. The summed E-state index contributed by atoms with van der Waals surface area (Å²) in [5.74, 6) is -0.172. The maximum absolute atomic E-state index is 12.2. The standard InChI is InChI=1S/C13H26N4O2/c1-4-7-9-13(5-2,12(18)19-6-3)15-10-8-11-16-17-14/h15H,4-11H2,1-3H3. The molecular weight excluding hydrogens is 244 g/mol. The third-order valence-electron chi connectivity index (χ3n) is 3.19. The number of carbonyl (C=O) groups excluding carboxylic acids is 1. The highest BCUT2D eigenvalue weighted by Crippen LogP contribution is 2.21. The maximum Gasteiger partial charge on any atom is 0.326 e. The van der Waals surface area contributed by atoms with Gasteiger partial charge in [0, 0.05) is 11.5 Å². The van der Waals surface area contributed by atoms with Gasteiger partial charge in [-0.25, -0.2) is 0 Å². The minimum atomic E-state index is -0.595. The zero-order valence-electron chi connectivity index (χ0n) is 12.3. The van der Waals surface area contributed by atoms with E-state index in [0.29, 0.717) is 26.1 Å². The van der Waals surface area contributed by atoms with Gasteiger partial charge in [-0.3, -0.25) is 4.79 Å². The van der Waals surface area contributed by atoms with Gasteiger partial charge in [0.15, 0.2) is 0 Å². The van der Waals surface area contributed by atoms with Crippen LogP contribution in [0.2, 0.25) is 0 Å². The predicted molar refractivity (Wildman–Crippen MR) is 75.8 cm³/mol. The molecule has 1 unspecified atom stereocenters. The van der Waals surface area contributed by atoms with E-state index in [9.17, 15) is 4.79 Å². The molecule has 0 radical (unpaired) electrons. The fourth-order valence-corrected chi connectivity index (χ4v) is 1.98. The summed E-state index contributed by atoms with van der Waals surface area (Å²) >= 11 is 0. The molecule has 1 N–H and O–H groups in total. The quantitative estimate of drug-likeness (QED) is 0.206. The van der Waals surface area contributed by atoms with Crippen LogP contribution >= 0.6 is 0 Å². The Balaban J connectivity index is 4.52. The molecule has 0 heterocycles. The van der Waals surface area contributed by atoms with Gasteiger partial charge in [-0.2, -0.15) is 0 Å². The van der Waals surface area contributed by atoms with E-state index >= 15 is 0 Å². The number of rotatable bonds is 11. The van der Waals surface area contributed by atoms with E-state index in [0.717, 1.165) is 25.7 Å². The number of azide groups is 1. The average molecular weight is 270 g/mol. The van der Waals surface area contributed by atoms with Crippen LogP contribution in [0.15, 0.2) is 5.11 Å². The lowest BCUT2D eigenvalue weighted by molar-refractivity contribution is -0.152. The molecule has 0 amide bonds. The van der Waals surface area contributed by atoms with Crippen LogP contribution in [0, 0.1) is 0 Å². The summed E-state index contributed by atoms with van der Waals surface area (Å²) in [4.78, 5) is 14.9. The second-order valence-electron chi connectivity index (χ2n) is 4.49. The van der Waals surface area contributed by atoms with Crippen molar-refractivity contribution in [3.05, 3.63) is 10.4 Å². The third kappa shape index (κ3) is 6.45. The number of hydrogen-bond donors (Lipinski definition) is 1. The molecule has 0 aliphatic rings. The topological polar surface area (TPSA) is 87.1 Å². The number of carbonyl (C=O) groups is 1. The fourth-order valence-electron chi connectivity index (χ4n) is 1.98. The van der Waals surface area contributed by atoms with E-state index in [-0.39, 0.29) is 5.97 Å². The van der Waals surface area contributed by atoms with Crippen molar-refractivity contribution in [3.8, 4) is 0 Å². The van der Waals surface area contributed by atoms with Crippen LogP contribution in [0.1, 0.15) is 52.9 Å². The zero-order chi connectivity index (χ0) is 14.6. The van der Waals surface area contributed by atoms with E-state index in [1.54, 1.807) is 0 Å². The molecule has 0 bridgehead atoms. The van der Waals surface area contributed by atoms with Gasteiger partial charge >= 0.3 is 5.97 Å². The lowest BCUT2D eigenvalue weighted by Gasteiger charge is -2.31. The Kier molecular flexibility index (Phi) is 9.94. The molecule has 1 atom stereocenters. The first kappa shape index (κ1) is 17.7. The molecule has 0 aromatic rings. The van der Waals surface area contributed by atoms with E-state index in [2.05, 4.69) is 22.3 Å². The number of esters is 1. The van der Waals surface area contributed by atoms with Crippen molar-refractivity contribution in [2.45, 2.75) is 58.4 Å². The molecule has 0 aliphatic carbocycles. The number of hydrogen-bond acceptors (Lipinski definition) is 4. The Morgan fingerprint density at radius 1 is 1.37 bits per heavy atom. The molecule has 0 spiro atoms. The van der Waals surface area contributed by atoms with E-state index in [1.165, 1.54) is 0 Å². The van der Waals surface area contributed by atoms with Gasteiger partial charge in [0.05, 0.1) is 6.61 Å². The Hall–Kier alpha value is -1.26. The summed E-state index contributed by atoms with van der Waals surface area (Å²) in [6.45, 7) is 7.41. The van der Waals surface area contributed by atoms with Gasteiger partial charge < -0.3 is 10.1 Å². The molecule has 0 saturated carbocycles. The third-order valence-corrected chi connectivity index (χ3v) is 3.19. The molecule has 19 heavy (non-hydrogen) atoms. The summed E-state index contributed by atoms with van der Waals surface area (Å²) in [7, 11) is 0. The normalized spacial score (nSPS) is 13.4. The predicted octanol–water partition coefficient (Wildman–Crippen LogP) is 3.18. The molecule has 0 saturated heterocycles.